The highest BCUT2D eigenvalue weighted by Gasteiger charge is 2.01. The smallest absolute Gasteiger partial charge is 0.333 e. The van der Waals surface area contributed by atoms with Crippen LogP contribution in [0.1, 0.15) is 62.2 Å². The first-order chi connectivity index (χ1) is 12.0. The van der Waals surface area contributed by atoms with E-state index in [0.717, 1.165) is 44.9 Å². The number of hydrogen-bond acceptors (Lipinski definition) is 5. The number of esters is 1. The van der Waals surface area contributed by atoms with Gasteiger partial charge in [-0.05, 0) is 49.6 Å². The Labute approximate surface area is 149 Å². The summed E-state index contributed by atoms with van der Waals surface area (Å²) in [6.07, 6.45) is 7.47. The molecular weight excluding hydrogens is 320 g/mol. The summed E-state index contributed by atoms with van der Waals surface area (Å²) in [6, 6.07) is 6.26. The van der Waals surface area contributed by atoms with Gasteiger partial charge in [0.05, 0.1) is 19.2 Å². The number of carboxylic acids is 1. The molecule has 0 aliphatic rings. The molecule has 25 heavy (non-hydrogen) atoms. The topological polar surface area (TPSA) is 75.7 Å². The summed E-state index contributed by atoms with van der Waals surface area (Å²) in [6.45, 7) is 6.28. The summed E-state index contributed by atoms with van der Waals surface area (Å²) >= 11 is 0. The number of ether oxygens (including phenoxy) is 2. The highest BCUT2D eigenvalue weighted by Crippen LogP contribution is 2.13. The normalized spacial score (nSPS) is 10.3. The van der Waals surface area contributed by atoms with E-state index >= 15 is 0 Å². The Morgan fingerprint density at radius 2 is 1.44 bits per heavy atom. The Morgan fingerprint density at radius 1 is 0.920 bits per heavy atom. The first kappa shape index (κ1) is 20.7. The average molecular weight is 347 g/mol. The van der Waals surface area contributed by atoms with Gasteiger partial charge in [-0.15, -0.1) is 0 Å². The molecule has 0 aliphatic heterocycles. The second-order valence-corrected chi connectivity index (χ2v) is 6.05. The van der Waals surface area contributed by atoms with Crippen molar-refractivity contribution in [2.45, 2.75) is 51.9 Å². The zero-order valence-electron chi connectivity index (χ0n) is 14.9. The molecular formula is C20H27O5-. The highest BCUT2D eigenvalue weighted by atomic mass is 16.5. The summed E-state index contributed by atoms with van der Waals surface area (Å²) in [4.78, 5) is 21.8. The highest BCUT2D eigenvalue weighted by molar-refractivity contribution is 5.87. The molecule has 5 nitrogen and oxygen atoms in total. The van der Waals surface area contributed by atoms with Gasteiger partial charge >= 0.3 is 5.97 Å². The van der Waals surface area contributed by atoms with E-state index in [-0.39, 0.29) is 11.5 Å². The molecule has 0 N–H and O–H groups in total. The van der Waals surface area contributed by atoms with Gasteiger partial charge in [-0.2, -0.15) is 0 Å². The van der Waals surface area contributed by atoms with Gasteiger partial charge in [0.1, 0.15) is 5.75 Å². The first-order valence-electron chi connectivity index (χ1n) is 8.77. The van der Waals surface area contributed by atoms with Crippen LogP contribution in [0, 0.1) is 0 Å². The molecule has 0 radical (unpaired) electrons. The zero-order chi connectivity index (χ0) is 18.5. The lowest BCUT2D eigenvalue weighted by Crippen LogP contribution is -2.21. The van der Waals surface area contributed by atoms with Gasteiger partial charge in [-0.3, -0.25) is 0 Å². The monoisotopic (exact) mass is 347 g/mol. The Balaban J connectivity index is 1.93. The lowest BCUT2D eigenvalue weighted by molar-refractivity contribution is -0.255. The van der Waals surface area contributed by atoms with Crippen molar-refractivity contribution in [2.24, 2.45) is 0 Å². The van der Waals surface area contributed by atoms with E-state index in [4.69, 9.17) is 9.47 Å². The van der Waals surface area contributed by atoms with Crippen LogP contribution in [0.25, 0.3) is 0 Å². The van der Waals surface area contributed by atoms with E-state index < -0.39 is 5.97 Å². The Morgan fingerprint density at radius 3 is 1.96 bits per heavy atom. The van der Waals surface area contributed by atoms with Crippen LogP contribution < -0.4 is 9.84 Å². The summed E-state index contributed by atoms with van der Waals surface area (Å²) in [5.74, 6) is -0.816. The first-order valence-corrected chi connectivity index (χ1v) is 8.77. The van der Waals surface area contributed by atoms with Gasteiger partial charge in [-0.1, -0.05) is 38.7 Å². The molecule has 0 aliphatic carbocycles. The second-order valence-electron chi connectivity index (χ2n) is 6.05. The van der Waals surface area contributed by atoms with Crippen LogP contribution in [0.5, 0.6) is 5.75 Å². The minimum Gasteiger partial charge on any atom is -0.545 e. The van der Waals surface area contributed by atoms with Crippen LogP contribution in [-0.4, -0.2) is 25.2 Å². The summed E-state index contributed by atoms with van der Waals surface area (Å²) in [7, 11) is 0. The summed E-state index contributed by atoms with van der Waals surface area (Å²) in [5.41, 5.74) is 0.596. The third-order valence-corrected chi connectivity index (χ3v) is 3.73. The average Bonchev–Trinajstić information content (AvgIpc) is 2.59. The quantitative estimate of drug-likeness (QED) is 0.311. The van der Waals surface area contributed by atoms with Crippen LogP contribution in [0.3, 0.4) is 0 Å². The molecule has 0 unspecified atom stereocenters. The van der Waals surface area contributed by atoms with E-state index in [1.165, 1.54) is 12.1 Å². The van der Waals surface area contributed by atoms with Crippen molar-refractivity contribution < 1.29 is 24.2 Å². The maximum atomic E-state index is 11.2. The molecule has 0 fully saturated rings. The van der Waals surface area contributed by atoms with Crippen molar-refractivity contribution in [3.63, 3.8) is 0 Å². The van der Waals surface area contributed by atoms with Crippen LogP contribution in [0.15, 0.2) is 36.4 Å². The van der Waals surface area contributed by atoms with Crippen LogP contribution in [-0.2, 0) is 9.53 Å². The molecule has 0 bridgehead atoms. The molecule has 138 valence electrons. The Hall–Kier alpha value is -2.30. The van der Waals surface area contributed by atoms with Gasteiger partial charge in [0.25, 0.3) is 0 Å². The molecule has 0 spiro atoms. The molecule has 0 saturated carbocycles. The number of unbranched alkanes of at least 4 members (excludes halogenated alkanes) is 6. The summed E-state index contributed by atoms with van der Waals surface area (Å²) in [5, 5.41) is 10.6. The van der Waals surface area contributed by atoms with Gasteiger partial charge in [-0.25, -0.2) is 4.79 Å². The number of aromatic carboxylic acids is 1. The van der Waals surface area contributed by atoms with Crippen molar-refractivity contribution in [3.8, 4) is 5.75 Å². The lowest BCUT2D eigenvalue weighted by atomic mass is 10.1. The second kappa shape index (κ2) is 12.1. The van der Waals surface area contributed by atoms with Gasteiger partial charge in [0, 0.05) is 5.57 Å². The number of hydrogen-bond donors (Lipinski definition) is 0. The third-order valence-electron chi connectivity index (χ3n) is 3.73. The van der Waals surface area contributed by atoms with E-state index in [0.29, 0.717) is 24.5 Å². The number of carboxylic acid groups (broad SMARTS) is 1. The maximum Gasteiger partial charge on any atom is 0.333 e. The minimum absolute atomic E-state index is 0.154. The van der Waals surface area contributed by atoms with E-state index in [9.17, 15) is 14.7 Å². The van der Waals surface area contributed by atoms with Crippen molar-refractivity contribution >= 4 is 11.9 Å². The van der Waals surface area contributed by atoms with Crippen LogP contribution in [0.4, 0.5) is 0 Å². The van der Waals surface area contributed by atoms with Crippen molar-refractivity contribution in [3.05, 3.63) is 42.0 Å². The van der Waals surface area contributed by atoms with Crippen molar-refractivity contribution in [1.29, 1.82) is 0 Å². The molecule has 0 amide bonds. The SMILES string of the molecule is C=C(C)C(=O)OCCCCCCCCCOc1ccc(C(=O)[O-])cc1. The molecule has 0 aromatic heterocycles. The van der Waals surface area contributed by atoms with Crippen LogP contribution in [0.2, 0.25) is 0 Å². The van der Waals surface area contributed by atoms with Crippen LogP contribution >= 0.6 is 0 Å². The van der Waals surface area contributed by atoms with Gasteiger partial charge in [0.15, 0.2) is 0 Å². The van der Waals surface area contributed by atoms with Gasteiger partial charge < -0.3 is 19.4 Å². The third kappa shape index (κ3) is 9.55. The molecule has 1 aromatic carbocycles. The van der Waals surface area contributed by atoms with E-state index in [1.807, 2.05) is 0 Å². The van der Waals surface area contributed by atoms with Gasteiger partial charge in [0.2, 0.25) is 0 Å². The Kier molecular flexibility index (Phi) is 10.1. The molecule has 1 aromatic rings. The lowest BCUT2D eigenvalue weighted by Gasteiger charge is -2.08. The predicted octanol–water partition coefficient (Wildman–Crippen LogP) is 3.28. The minimum atomic E-state index is -1.18. The molecule has 0 heterocycles. The summed E-state index contributed by atoms with van der Waals surface area (Å²) < 4.78 is 10.6. The van der Waals surface area contributed by atoms with Crippen molar-refractivity contribution in [1.82, 2.24) is 0 Å². The zero-order valence-corrected chi connectivity index (χ0v) is 14.9. The van der Waals surface area contributed by atoms with E-state index in [1.54, 1.807) is 19.1 Å². The molecule has 5 heteroatoms. The fraction of sp³-hybridized carbons (Fsp3) is 0.500. The number of carbonyl (C=O) groups is 2. The number of carbonyl (C=O) groups excluding carboxylic acids is 2. The predicted molar refractivity (Wildman–Crippen MR) is 94.4 cm³/mol. The Bertz CT molecular complexity index is 548. The molecule has 0 atom stereocenters. The standard InChI is InChI=1S/C20H28O5/c1-16(2)20(23)25-15-9-7-5-3-4-6-8-14-24-18-12-10-17(11-13-18)19(21)22/h10-13H,1,3-9,14-15H2,2H3,(H,21,22)/p-1. The largest absolute Gasteiger partial charge is 0.545 e. The molecule has 1 rings (SSSR count). The molecule has 0 saturated heterocycles. The number of rotatable bonds is 13. The fourth-order valence-corrected chi connectivity index (χ4v) is 2.25. The number of benzene rings is 1. The van der Waals surface area contributed by atoms with Crippen molar-refractivity contribution in [2.75, 3.05) is 13.2 Å². The maximum absolute atomic E-state index is 11.2. The fourth-order valence-electron chi connectivity index (χ4n) is 2.25. The van der Waals surface area contributed by atoms with E-state index in [2.05, 4.69) is 6.58 Å².